The summed E-state index contributed by atoms with van der Waals surface area (Å²) in [6.45, 7) is 5.92. The average molecular weight is 300 g/mol. The van der Waals surface area contributed by atoms with Crippen molar-refractivity contribution in [3.05, 3.63) is 0 Å². The van der Waals surface area contributed by atoms with Gasteiger partial charge in [-0.05, 0) is 46.5 Å². The van der Waals surface area contributed by atoms with Crippen molar-refractivity contribution in [3.8, 4) is 0 Å². The van der Waals surface area contributed by atoms with Gasteiger partial charge in [0, 0.05) is 19.6 Å². The van der Waals surface area contributed by atoms with Gasteiger partial charge in [0.2, 0.25) is 0 Å². The Kier molecular flexibility index (Phi) is 4.76. The molecule has 6 heteroatoms. The predicted molar refractivity (Wildman–Crippen MR) is 80.0 cm³/mol. The largest absolute Gasteiger partial charge is 0.468 e. The van der Waals surface area contributed by atoms with Crippen molar-refractivity contribution in [2.24, 2.45) is 0 Å². The minimum atomic E-state index is -0.478. The van der Waals surface area contributed by atoms with E-state index < -0.39 is 5.60 Å². The fraction of sp³-hybridized carbons (Fsp3) is 0.867. The van der Waals surface area contributed by atoms with E-state index in [1.165, 1.54) is 7.11 Å². The molecule has 122 valence electrons. The summed E-state index contributed by atoms with van der Waals surface area (Å²) < 4.78 is 10.1. The van der Waals surface area contributed by atoms with Crippen molar-refractivity contribution in [2.75, 3.05) is 13.7 Å². The molecule has 0 aliphatic carbocycles. The maximum atomic E-state index is 11.8. The first-order valence-corrected chi connectivity index (χ1v) is 7.60. The quantitative estimate of drug-likeness (QED) is 0.807. The average Bonchev–Trinajstić information content (AvgIpc) is 2.58. The molecule has 2 aliphatic rings. The van der Waals surface area contributed by atoms with Crippen molar-refractivity contribution in [3.63, 3.8) is 0 Å². The lowest BCUT2D eigenvalue weighted by Gasteiger charge is -2.38. The zero-order chi connectivity index (χ0) is 15.6. The number of nitrogens with zero attached hydrogens (tertiary/aromatic N) is 1. The Morgan fingerprint density at radius 1 is 1.24 bits per heavy atom. The van der Waals surface area contributed by atoms with Crippen LogP contribution in [0.25, 0.3) is 0 Å². The van der Waals surface area contributed by atoms with Gasteiger partial charge in [0.05, 0.1) is 13.7 Å². The number of hydrogen-bond acceptors (Lipinski definition) is 5. The highest BCUT2D eigenvalue weighted by atomic mass is 16.6. The monoisotopic (exact) mass is 300 g/mol. The summed E-state index contributed by atoms with van der Waals surface area (Å²) in [6.07, 6.45) is 3.54. The van der Waals surface area contributed by atoms with E-state index in [2.05, 4.69) is 10.2 Å². The van der Waals surface area contributed by atoms with Crippen molar-refractivity contribution in [1.29, 1.82) is 0 Å². The molecule has 1 amide bonds. The minimum absolute atomic E-state index is 0. The van der Waals surface area contributed by atoms with E-state index in [0.29, 0.717) is 18.6 Å². The molecule has 21 heavy (non-hydrogen) atoms. The standard InChI is InChI=1S/C15H26N2O4.H2/c1-15(2,3)21-14(19)16-10-7-11-5-6-12(8-10)17(11)9-13(18)20-4;/h10-12H,5-9H2,1-4H3,(H,16,19);1H/t10?,11-,12+;. The molecule has 0 aromatic carbocycles. The van der Waals surface area contributed by atoms with E-state index in [4.69, 9.17) is 9.47 Å². The minimum Gasteiger partial charge on any atom is -0.468 e. The summed E-state index contributed by atoms with van der Waals surface area (Å²) in [7, 11) is 1.42. The maximum absolute atomic E-state index is 11.8. The number of amides is 1. The second kappa shape index (κ2) is 6.22. The number of carbonyl (C=O) groups excluding carboxylic acids is 2. The van der Waals surface area contributed by atoms with Crippen LogP contribution in [0.3, 0.4) is 0 Å². The van der Waals surface area contributed by atoms with Crippen LogP contribution < -0.4 is 5.32 Å². The fourth-order valence-corrected chi connectivity index (χ4v) is 3.34. The van der Waals surface area contributed by atoms with Crippen LogP contribution in [-0.2, 0) is 14.3 Å². The van der Waals surface area contributed by atoms with Crippen LogP contribution in [0, 0.1) is 0 Å². The van der Waals surface area contributed by atoms with Gasteiger partial charge in [-0.2, -0.15) is 0 Å². The van der Waals surface area contributed by atoms with Gasteiger partial charge in [0.25, 0.3) is 0 Å². The van der Waals surface area contributed by atoms with E-state index in [1.807, 2.05) is 20.8 Å². The van der Waals surface area contributed by atoms with Gasteiger partial charge in [-0.1, -0.05) is 0 Å². The van der Waals surface area contributed by atoms with Gasteiger partial charge in [0.1, 0.15) is 5.60 Å². The topological polar surface area (TPSA) is 67.9 Å². The summed E-state index contributed by atoms with van der Waals surface area (Å²) >= 11 is 0. The Balaban J connectivity index is 0.00000242. The van der Waals surface area contributed by atoms with Crippen molar-refractivity contribution in [2.45, 2.75) is 70.2 Å². The highest BCUT2D eigenvalue weighted by Crippen LogP contribution is 2.35. The van der Waals surface area contributed by atoms with Crippen molar-refractivity contribution < 1.29 is 20.5 Å². The van der Waals surface area contributed by atoms with Gasteiger partial charge in [0.15, 0.2) is 0 Å². The number of piperidine rings is 1. The number of fused-ring (bicyclic) bond motifs is 2. The first kappa shape index (κ1) is 16.1. The molecule has 1 N–H and O–H groups in total. The molecule has 0 spiro atoms. The molecule has 0 radical (unpaired) electrons. The van der Waals surface area contributed by atoms with E-state index in [1.54, 1.807) is 0 Å². The van der Waals surface area contributed by atoms with E-state index >= 15 is 0 Å². The normalized spacial score (nSPS) is 29.0. The van der Waals surface area contributed by atoms with Crippen molar-refractivity contribution in [1.82, 2.24) is 10.2 Å². The molecule has 2 fully saturated rings. The van der Waals surface area contributed by atoms with Crippen LogP contribution in [0.15, 0.2) is 0 Å². The molecule has 2 aliphatic heterocycles. The first-order valence-electron chi connectivity index (χ1n) is 7.60. The zero-order valence-electron chi connectivity index (χ0n) is 13.3. The van der Waals surface area contributed by atoms with Crippen LogP contribution in [-0.4, -0.2) is 54.3 Å². The second-order valence-corrected chi connectivity index (χ2v) is 6.95. The lowest BCUT2D eigenvalue weighted by molar-refractivity contribution is -0.143. The summed E-state index contributed by atoms with van der Waals surface area (Å²) in [6, 6.07) is 0.830. The van der Waals surface area contributed by atoms with Crippen LogP contribution in [0.4, 0.5) is 4.79 Å². The van der Waals surface area contributed by atoms with E-state index in [-0.39, 0.29) is 19.5 Å². The second-order valence-electron chi connectivity index (χ2n) is 6.95. The van der Waals surface area contributed by atoms with Crippen LogP contribution in [0.2, 0.25) is 0 Å². The van der Waals surface area contributed by atoms with Crippen LogP contribution >= 0.6 is 0 Å². The zero-order valence-corrected chi connectivity index (χ0v) is 13.3. The first-order chi connectivity index (χ1) is 9.78. The van der Waals surface area contributed by atoms with Crippen LogP contribution in [0.1, 0.15) is 47.9 Å². The number of alkyl carbamates (subject to hydrolysis) is 1. The number of esters is 1. The Bertz CT molecular complexity index is 397. The molecule has 2 heterocycles. The Labute approximate surface area is 127 Å². The highest BCUT2D eigenvalue weighted by molar-refractivity contribution is 5.71. The van der Waals surface area contributed by atoms with Crippen LogP contribution in [0.5, 0.6) is 0 Å². The third-order valence-electron chi connectivity index (χ3n) is 4.14. The molecule has 1 unspecified atom stereocenters. The van der Waals surface area contributed by atoms with Gasteiger partial charge < -0.3 is 14.8 Å². The van der Waals surface area contributed by atoms with Gasteiger partial charge in [-0.15, -0.1) is 0 Å². The molecule has 6 nitrogen and oxygen atoms in total. The molecule has 0 saturated carbocycles. The molecule has 0 aromatic heterocycles. The SMILES string of the molecule is COC(=O)CN1[C@@H]2CC[C@H]1CC(NC(=O)OC(C)(C)C)C2.[HH]. The summed E-state index contributed by atoms with van der Waals surface area (Å²) in [5.74, 6) is -0.189. The Morgan fingerprint density at radius 3 is 2.29 bits per heavy atom. The van der Waals surface area contributed by atoms with E-state index in [9.17, 15) is 9.59 Å². The molecule has 2 bridgehead atoms. The maximum Gasteiger partial charge on any atom is 0.407 e. The molecular formula is C15H28N2O4. The molecule has 2 saturated heterocycles. The molecular weight excluding hydrogens is 272 g/mol. The smallest absolute Gasteiger partial charge is 0.407 e. The van der Waals surface area contributed by atoms with Gasteiger partial charge in [-0.3, -0.25) is 9.69 Å². The Morgan fingerprint density at radius 2 is 1.81 bits per heavy atom. The number of carbonyl (C=O) groups is 2. The number of rotatable bonds is 3. The highest BCUT2D eigenvalue weighted by Gasteiger charge is 2.42. The van der Waals surface area contributed by atoms with E-state index in [0.717, 1.165) is 25.7 Å². The summed E-state index contributed by atoms with van der Waals surface area (Å²) in [4.78, 5) is 25.5. The number of ether oxygens (including phenoxy) is 2. The number of methoxy groups -OCH3 is 1. The lowest BCUT2D eigenvalue weighted by atomic mass is 9.97. The number of hydrogen-bond donors (Lipinski definition) is 1. The van der Waals surface area contributed by atoms with Crippen molar-refractivity contribution >= 4 is 12.1 Å². The molecule has 3 atom stereocenters. The third-order valence-corrected chi connectivity index (χ3v) is 4.14. The summed E-state index contributed by atoms with van der Waals surface area (Å²) in [5.41, 5.74) is -0.478. The Hall–Kier alpha value is -1.30. The lowest BCUT2D eigenvalue weighted by Crippen LogP contribution is -2.52. The van der Waals surface area contributed by atoms with Gasteiger partial charge >= 0.3 is 12.1 Å². The third kappa shape index (κ3) is 4.33. The molecule has 0 aromatic rings. The number of nitrogens with one attached hydrogen (secondary N) is 1. The van der Waals surface area contributed by atoms with Gasteiger partial charge in [-0.25, -0.2) is 4.79 Å². The summed E-state index contributed by atoms with van der Waals surface area (Å²) in [5, 5.41) is 2.96. The predicted octanol–water partition coefficient (Wildman–Crippen LogP) is 1.93. The fourth-order valence-electron chi connectivity index (χ4n) is 3.34. The molecule has 2 rings (SSSR count).